The minimum atomic E-state index is -0.640. The van der Waals surface area contributed by atoms with Crippen LogP contribution in [0.1, 0.15) is 57.5 Å². The Bertz CT molecular complexity index is 800. The van der Waals surface area contributed by atoms with E-state index >= 15 is 0 Å². The fourth-order valence-corrected chi connectivity index (χ4v) is 3.17. The molecule has 1 aromatic carbocycles. The highest BCUT2D eigenvalue weighted by Gasteiger charge is 2.43. The van der Waals surface area contributed by atoms with E-state index in [4.69, 9.17) is 0 Å². The smallest absolute Gasteiger partial charge is 0.291 e. The first-order chi connectivity index (χ1) is 12.9. The summed E-state index contributed by atoms with van der Waals surface area (Å²) in [6.45, 7) is 6.81. The van der Waals surface area contributed by atoms with Crippen molar-refractivity contribution in [3.05, 3.63) is 41.7 Å². The Hall–Kier alpha value is -2.57. The zero-order valence-corrected chi connectivity index (χ0v) is 16.3. The van der Waals surface area contributed by atoms with E-state index in [0.717, 1.165) is 19.3 Å². The van der Waals surface area contributed by atoms with Gasteiger partial charge in [-0.2, -0.15) is 0 Å². The molecule has 27 heavy (non-hydrogen) atoms. The van der Waals surface area contributed by atoms with Crippen LogP contribution in [0.5, 0.6) is 0 Å². The number of carbonyl (C=O) groups is 2. The molecule has 1 atom stereocenters. The molecule has 0 radical (unpaired) electrons. The maximum Gasteiger partial charge on any atom is 0.291 e. The van der Waals surface area contributed by atoms with Crippen molar-refractivity contribution in [2.45, 2.75) is 59.0 Å². The molecule has 0 N–H and O–H groups in total. The number of carbonyl (C=O) groups excluding carboxylic acids is 2. The molecule has 1 fully saturated rings. The summed E-state index contributed by atoms with van der Waals surface area (Å²) >= 11 is 0. The highest BCUT2D eigenvalue weighted by molar-refractivity contribution is 6.38. The summed E-state index contributed by atoms with van der Waals surface area (Å²) < 4.78 is 1.77. The topological polar surface area (TPSA) is 81.0 Å². The van der Waals surface area contributed by atoms with Crippen LogP contribution in [0.2, 0.25) is 0 Å². The molecule has 144 valence electrons. The molecule has 0 bridgehead atoms. The van der Waals surface area contributed by atoms with E-state index in [2.05, 4.69) is 27.7 Å². The van der Waals surface area contributed by atoms with Crippen molar-refractivity contribution in [2.24, 2.45) is 5.41 Å². The van der Waals surface area contributed by atoms with Crippen LogP contribution < -0.4 is 0 Å². The molecule has 0 spiro atoms. The second-order valence-corrected chi connectivity index (χ2v) is 7.72. The molecule has 1 saturated heterocycles. The van der Waals surface area contributed by atoms with Crippen molar-refractivity contribution in [1.29, 1.82) is 0 Å². The van der Waals surface area contributed by atoms with Gasteiger partial charge in [-0.25, -0.2) is 4.68 Å². The van der Waals surface area contributed by atoms with Crippen molar-refractivity contribution in [2.75, 3.05) is 6.54 Å². The zero-order chi connectivity index (χ0) is 19.4. The van der Waals surface area contributed by atoms with E-state index in [1.807, 2.05) is 39.0 Å². The number of likely N-dealkylation sites (tertiary alicyclic amines) is 1. The van der Waals surface area contributed by atoms with Crippen molar-refractivity contribution in [3.8, 4) is 0 Å². The van der Waals surface area contributed by atoms with Gasteiger partial charge in [0.1, 0.15) is 0 Å². The first-order valence-corrected chi connectivity index (χ1v) is 9.59. The van der Waals surface area contributed by atoms with Crippen molar-refractivity contribution in [1.82, 2.24) is 25.1 Å². The van der Waals surface area contributed by atoms with Crippen LogP contribution in [-0.2, 0) is 22.6 Å². The number of nitrogens with zero attached hydrogens (tertiary/aromatic N) is 5. The fourth-order valence-electron chi connectivity index (χ4n) is 3.17. The number of rotatable bonds is 8. The lowest BCUT2D eigenvalue weighted by Gasteiger charge is -2.40. The first kappa shape index (κ1) is 19.2. The van der Waals surface area contributed by atoms with Crippen LogP contribution in [0.15, 0.2) is 30.3 Å². The van der Waals surface area contributed by atoms with Gasteiger partial charge in [-0.05, 0) is 41.7 Å². The van der Waals surface area contributed by atoms with Gasteiger partial charge in [-0.1, -0.05) is 51.1 Å². The molecule has 3 rings (SSSR count). The lowest BCUT2D eigenvalue weighted by Crippen LogP contribution is -2.51. The molecule has 1 aromatic heterocycles. The van der Waals surface area contributed by atoms with Crippen LogP contribution in [0.3, 0.4) is 0 Å². The minimum Gasteiger partial charge on any atom is -0.326 e. The lowest BCUT2D eigenvalue weighted by molar-refractivity contribution is -0.154. The molecule has 0 aliphatic carbocycles. The summed E-state index contributed by atoms with van der Waals surface area (Å²) in [6, 6.07) is 10.1. The van der Waals surface area contributed by atoms with Crippen LogP contribution in [-0.4, -0.2) is 43.3 Å². The number of benzene rings is 1. The largest absolute Gasteiger partial charge is 0.326 e. The summed E-state index contributed by atoms with van der Waals surface area (Å²) in [5.74, 6) is -0.0838. The van der Waals surface area contributed by atoms with Crippen molar-refractivity contribution < 1.29 is 9.59 Å². The summed E-state index contributed by atoms with van der Waals surface area (Å²) in [5, 5.41) is 12.0. The summed E-state index contributed by atoms with van der Waals surface area (Å²) in [6.07, 6.45) is 3.26. The van der Waals surface area contributed by atoms with E-state index < -0.39 is 11.3 Å². The number of aromatic nitrogens is 4. The third kappa shape index (κ3) is 4.07. The predicted molar refractivity (Wildman–Crippen MR) is 101 cm³/mol. The average Bonchev–Trinajstić information content (AvgIpc) is 3.08. The average molecular weight is 369 g/mol. The Morgan fingerprint density at radius 1 is 1.22 bits per heavy atom. The van der Waals surface area contributed by atoms with Crippen molar-refractivity contribution in [3.63, 3.8) is 0 Å². The molecular formula is C20H27N5O2. The Labute approximate surface area is 159 Å². The van der Waals surface area contributed by atoms with E-state index in [1.165, 1.54) is 5.56 Å². The third-order valence-corrected chi connectivity index (χ3v) is 5.51. The zero-order valence-electron chi connectivity index (χ0n) is 16.3. The van der Waals surface area contributed by atoms with Gasteiger partial charge in [-0.3, -0.25) is 9.59 Å². The van der Waals surface area contributed by atoms with Gasteiger partial charge >= 0.3 is 0 Å². The monoisotopic (exact) mass is 369 g/mol. The van der Waals surface area contributed by atoms with Crippen LogP contribution in [0.4, 0.5) is 0 Å². The summed E-state index contributed by atoms with van der Waals surface area (Å²) in [7, 11) is 0. The van der Waals surface area contributed by atoms with E-state index in [0.29, 0.717) is 25.3 Å². The predicted octanol–water partition coefficient (Wildman–Crippen LogP) is 2.58. The quantitative estimate of drug-likeness (QED) is 0.668. The van der Waals surface area contributed by atoms with Crippen LogP contribution >= 0.6 is 0 Å². The van der Waals surface area contributed by atoms with Gasteiger partial charge in [0, 0.05) is 18.5 Å². The number of tetrazole rings is 1. The third-order valence-electron chi connectivity index (χ3n) is 5.51. The number of ketones is 1. The van der Waals surface area contributed by atoms with Crippen LogP contribution in [0, 0.1) is 5.41 Å². The number of hydrogen-bond donors (Lipinski definition) is 0. The molecular weight excluding hydrogens is 342 g/mol. The minimum absolute atomic E-state index is 0.208. The second-order valence-electron chi connectivity index (χ2n) is 7.72. The van der Waals surface area contributed by atoms with Gasteiger partial charge in [0.2, 0.25) is 5.78 Å². The molecule has 2 heterocycles. The highest BCUT2D eigenvalue weighted by atomic mass is 16.2. The molecule has 0 unspecified atom stereocenters. The Morgan fingerprint density at radius 2 is 1.96 bits per heavy atom. The molecule has 1 aliphatic heterocycles. The fraction of sp³-hybridized carbons (Fsp3) is 0.550. The normalized spacial score (nSPS) is 16.9. The standard InChI is InChI=1S/C20H27N5O2/c1-4-20(2,3)17(26)19(27)24-14-12-16(24)18-21-22-23-25(18)13-8-11-15-9-6-5-7-10-15/h5-7,9-10,16H,4,8,11-14H2,1-3H3/t16-/m0/s1. The van der Waals surface area contributed by atoms with Gasteiger partial charge in [0.15, 0.2) is 5.82 Å². The maximum absolute atomic E-state index is 12.6. The van der Waals surface area contributed by atoms with Crippen LogP contribution in [0.25, 0.3) is 0 Å². The molecule has 7 heteroatoms. The number of hydrogen-bond acceptors (Lipinski definition) is 5. The summed E-state index contributed by atoms with van der Waals surface area (Å²) in [5.41, 5.74) is 0.638. The molecule has 1 aliphatic rings. The molecule has 1 amide bonds. The Kier molecular flexibility index (Phi) is 5.68. The highest BCUT2D eigenvalue weighted by Crippen LogP contribution is 2.34. The number of aryl methyl sites for hydroxylation is 2. The van der Waals surface area contributed by atoms with E-state index in [1.54, 1.807) is 9.58 Å². The molecule has 0 saturated carbocycles. The lowest BCUT2D eigenvalue weighted by atomic mass is 9.83. The van der Waals surface area contributed by atoms with E-state index in [9.17, 15) is 9.59 Å². The summed E-state index contributed by atoms with van der Waals surface area (Å²) in [4.78, 5) is 26.8. The van der Waals surface area contributed by atoms with Gasteiger partial charge in [0.25, 0.3) is 5.91 Å². The maximum atomic E-state index is 12.6. The number of Topliss-reactive ketones (excluding diaryl/α,β-unsaturated/α-hetero) is 1. The van der Waals surface area contributed by atoms with Gasteiger partial charge < -0.3 is 4.90 Å². The van der Waals surface area contributed by atoms with E-state index in [-0.39, 0.29) is 11.8 Å². The number of amides is 1. The molecule has 7 nitrogen and oxygen atoms in total. The SMILES string of the molecule is CCC(C)(C)C(=O)C(=O)N1CC[C@H]1c1nnnn1CCCc1ccccc1. The molecule has 2 aromatic rings. The Morgan fingerprint density at radius 3 is 2.59 bits per heavy atom. The second kappa shape index (κ2) is 7.98. The van der Waals surface area contributed by atoms with Crippen molar-refractivity contribution >= 4 is 11.7 Å². The van der Waals surface area contributed by atoms with Gasteiger partial charge in [-0.15, -0.1) is 5.10 Å². The van der Waals surface area contributed by atoms with Gasteiger partial charge in [0.05, 0.1) is 6.04 Å². The first-order valence-electron chi connectivity index (χ1n) is 9.59. The Balaban J connectivity index is 1.63.